The SMILES string of the molecule is CC[C@@H](C(=O)NCc1ccccc1)n1nc(C)c2sc3ccccc3c2c1=O. The summed E-state index contributed by atoms with van der Waals surface area (Å²) < 4.78 is 3.30. The summed E-state index contributed by atoms with van der Waals surface area (Å²) in [4.78, 5) is 26.1. The second-order valence-corrected chi connectivity index (χ2v) is 7.82. The summed E-state index contributed by atoms with van der Waals surface area (Å²) in [6.07, 6.45) is 0.487. The van der Waals surface area contributed by atoms with Gasteiger partial charge < -0.3 is 5.32 Å². The Morgan fingerprint density at radius 2 is 1.86 bits per heavy atom. The van der Waals surface area contributed by atoms with Crippen LogP contribution in [0.5, 0.6) is 0 Å². The first-order valence-electron chi connectivity index (χ1n) is 9.32. The van der Waals surface area contributed by atoms with Crippen LogP contribution in [0.15, 0.2) is 59.4 Å². The number of carbonyl (C=O) groups is 1. The maximum absolute atomic E-state index is 13.3. The fourth-order valence-electron chi connectivity index (χ4n) is 3.46. The van der Waals surface area contributed by atoms with Gasteiger partial charge in [0.05, 0.1) is 15.8 Å². The summed E-state index contributed by atoms with van der Waals surface area (Å²) in [6.45, 7) is 4.21. The zero-order chi connectivity index (χ0) is 19.7. The average molecular weight is 391 g/mol. The third kappa shape index (κ3) is 3.20. The first kappa shape index (κ1) is 18.4. The zero-order valence-electron chi connectivity index (χ0n) is 15.8. The van der Waals surface area contributed by atoms with Crippen molar-refractivity contribution in [3.63, 3.8) is 0 Å². The van der Waals surface area contributed by atoms with Crippen LogP contribution in [-0.4, -0.2) is 15.7 Å². The molecule has 2 aromatic carbocycles. The van der Waals surface area contributed by atoms with Gasteiger partial charge in [0.25, 0.3) is 5.56 Å². The van der Waals surface area contributed by atoms with Crippen molar-refractivity contribution in [3.8, 4) is 0 Å². The molecule has 0 unspecified atom stereocenters. The number of amides is 1. The molecule has 4 aromatic rings. The summed E-state index contributed by atoms with van der Waals surface area (Å²) in [5, 5.41) is 9.01. The van der Waals surface area contributed by atoms with Gasteiger partial charge in [0.1, 0.15) is 6.04 Å². The van der Waals surface area contributed by atoms with E-state index in [4.69, 9.17) is 0 Å². The normalized spacial score (nSPS) is 12.4. The molecule has 2 heterocycles. The molecule has 28 heavy (non-hydrogen) atoms. The highest BCUT2D eigenvalue weighted by Crippen LogP contribution is 2.33. The molecule has 6 heteroatoms. The minimum absolute atomic E-state index is 0.195. The molecule has 0 aliphatic carbocycles. The van der Waals surface area contributed by atoms with E-state index in [9.17, 15) is 9.59 Å². The minimum Gasteiger partial charge on any atom is -0.350 e. The molecule has 0 radical (unpaired) electrons. The van der Waals surface area contributed by atoms with Crippen molar-refractivity contribution in [3.05, 3.63) is 76.2 Å². The first-order chi connectivity index (χ1) is 13.6. The maximum atomic E-state index is 13.3. The Hall–Kier alpha value is -2.99. The van der Waals surface area contributed by atoms with Crippen LogP contribution in [-0.2, 0) is 11.3 Å². The monoisotopic (exact) mass is 391 g/mol. The Morgan fingerprint density at radius 3 is 2.61 bits per heavy atom. The van der Waals surface area contributed by atoms with Crippen LogP contribution in [0.2, 0.25) is 0 Å². The van der Waals surface area contributed by atoms with Gasteiger partial charge in [0.15, 0.2) is 0 Å². The minimum atomic E-state index is -0.641. The van der Waals surface area contributed by atoms with Crippen LogP contribution in [0.4, 0.5) is 0 Å². The Bertz CT molecular complexity index is 1210. The molecule has 4 rings (SSSR count). The van der Waals surface area contributed by atoms with Crippen LogP contribution in [0, 0.1) is 6.92 Å². The van der Waals surface area contributed by atoms with E-state index in [-0.39, 0.29) is 11.5 Å². The predicted octanol–water partition coefficient (Wildman–Crippen LogP) is 4.19. The molecule has 0 aliphatic rings. The molecule has 1 atom stereocenters. The lowest BCUT2D eigenvalue weighted by Gasteiger charge is -2.17. The van der Waals surface area contributed by atoms with E-state index in [1.54, 1.807) is 11.3 Å². The van der Waals surface area contributed by atoms with Crippen molar-refractivity contribution in [2.45, 2.75) is 32.9 Å². The lowest BCUT2D eigenvalue weighted by molar-refractivity contribution is -0.125. The van der Waals surface area contributed by atoms with Gasteiger partial charge in [-0.1, -0.05) is 55.5 Å². The smallest absolute Gasteiger partial charge is 0.276 e. The average Bonchev–Trinajstić information content (AvgIpc) is 3.12. The number of rotatable bonds is 5. The van der Waals surface area contributed by atoms with Crippen LogP contribution in [0.25, 0.3) is 20.2 Å². The van der Waals surface area contributed by atoms with E-state index in [0.717, 1.165) is 26.0 Å². The van der Waals surface area contributed by atoms with Gasteiger partial charge in [0, 0.05) is 16.6 Å². The lowest BCUT2D eigenvalue weighted by atomic mass is 10.1. The van der Waals surface area contributed by atoms with Gasteiger partial charge in [-0.15, -0.1) is 11.3 Å². The standard InChI is InChI=1S/C22H21N3O2S/c1-3-17(21(26)23-13-15-9-5-4-6-10-15)25-22(27)19-16-11-7-8-12-18(16)28-20(19)14(2)24-25/h4-12,17H,3,13H2,1-2H3,(H,23,26)/t17-/m0/s1. The summed E-state index contributed by atoms with van der Waals surface area (Å²) in [5.74, 6) is -0.195. The molecule has 1 amide bonds. The number of nitrogens with one attached hydrogen (secondary N) is 1. The molecule has 142 valence electrons. The van der Waals surface area contributed by atoms with Crippen molar-refractivity contribution in [1.29, 1.82) is 0 Å². The van der Waals surface area contributed by atoms with Gasteiger partial charge in [-0.2, -0.15) is 5.10 Å². The maximum Gasteiger partial charge on any atom is 0.276 e. The second kappa shape index (κ2) is 7.56. The third-order valence-corrected chi connectivity index (χ3v) is 6.18. The highest BCUT2D eigenvalue weighted by molar-refractivity contribution is 7.26. The van der Waals surface area contributed by atoms with Crippen molar-refractivity contribution < 1.29 is 4.79 Å². The summed E-state index contributed by atoms with van der Waals surface area (Å²) in [6, 6.07) is 16.9. The van der Waals surface area contributed by atoms with E-state index in [1.165, 1.54) is 4.68 Å². The predicted molar refractivity (Wildman–Crippen MR) is 114 cm³/mol. The highest BCUT2D eigenvalue weighted by Gasteiger charge is 2.24. The quantitative estimate of drug-likeness (QED) is 0.555. The molecule has 0 saturated heterocycles. The Morgan fingerprint density at radius 1 is 1.14 bits per heavy atom. The van der Waals surface area contributed by atoms with E-state index in [1.807, 2.05) is 68.4 Å². The van der Waals surface area contributed by atoms with Gasteiger partial charge in [0.2, 0.25) is 5.91 Å². The third-order valence-electron chi connectivity index (χ3n) is 4.90. The summed E-state index contributed by atoms with van der Waals surface area (Å²) >= 11 is 1.57. The van der Waals surface area contributed by atoms with Gasteiger partial charge in [-0.3, -0.25) is 9.59 Å². The molecule has 2 aromatic heterocycles. The number of carbonyl (C=O) groups excluding carboxylic acids is 1. The fourth-order valence-corrected chi connectivity index (χ4v) is 4.60. The molecule has 0 spiro atoms. The molecule has 0 saturated carbocycles. The van der Waals surface area contributed by atoms with Crippen LogP contribution >= 0.6 is 11.3 Å². The number of hydrogen-bond donors (Lipinski definition) is 1. The fraction of sp³-hybridized carbons (Fsp3) is 0.227. The number of fused-ring (bicyclic) bond motifs is 3. The molecular formula is C22H21N3O2S. The molecule has 1 N–H and O–H groups in total. The van der Waals surface area contributed by atoms with Gasteiger partial charge in [-0.05, 0) is 25.0 Å². The number of nitrogens with zero attached hydrogens (tertiary/aromatic N) is 2. The number of aryl methyl sites for hydroxylation is 1. The Kier molecular flexibility index (Phi) is 4.96. The zero-order valence-corrected chi connectivity index (χ0v) is 16.6. The van der Waals surface area contributed by atoms with E-state index in [2.05, 4.69) is 10.4 Å². The summed E-state index contributed by atoms with van der Waals surface area (Å²) in [5.41, 5.74) is 1.58. The van der Waals surface area contributed by atoms with Crippen molar-refractivity contribution in [1.82, 2.24) is 15.1 Å². The molecule has 0 bridgehead atoms. The van der Waals surface area contributed by atoms with E-state index in [0.29, 0.717) is 18.4 Å². The Balaban J connectivity index is 1.73. The van der Waals surface area contributed by atoms with Crippen molar-refractivity contribution in [2.75, 3.05) is 0 Å². The van der Waals surface area contributed by atoms with Crippen LogP contribution in [0.3, 0.4) is 0 Å². The largest absolute Gasteiger partial charge is 0.350 e. The highest BCUT2D eigenvalue weighted by atomic mass is 32.1. The Labute approximate surface area is 166 Å². The second-order valence-electron chi connectivity index (χ2n) is 6.76. The van der Waals surface area contributed by atoms with E-state index < -0.39 is 6.04 Å². The topological polar surface area (TPSA) is 64.0 Å². The summed E-state index contributed by atoms with van der Waals surface area (Å²) in [7, 11) is 0. The number of thiophene rings is 1. The number of hydrogen-bond acceptors (Lipinski definition) is 4. The number of aromatic nitrogens is 2. The van der Waals surface area contributed by atoms with Gasteiger partial charge >= 0.3 is 0 Å². The molecule has 0 fully saturated rings. The molecular weight excluding hydrogens is 370 g/mol. The lowest BCUT2D eigenvalue weighted by Crippen LogP contribution is -2.38. The van der Waals surface area contributed by atoms with E-state index >= 15 is 0 Å². The molecule has 5 nitrogen and oxygen atoms in total. The van der Waals surface area contributed by atoms with Crippen molar-refractivity contribution in [2.24, 2.45) is 0 Å². The number of benzene rings is 2. The van der Waals surface area contributed by atoms with Crippen LogP contribution in [0.1, 0.15) is 30.6 Å². The van der Waals surface area contributed by atoms with Crippen molar-refractivity contribution >= 4 is 37.4 Å². The molecule has 0 aliphatic heterocycles. The van der Waals surface area contributed by atoms with Gasteiger partial charge in [-0.25, -0.2) is 4.68 Å². The first-order valence-corrected chi connectivity index (χ1v) is 10.1. The van der Waals surface area contributed by atoms with Crippen LogP contribution < -0.4 is 10.9 Å².